The van der Waals surface area contributed by atoms with Crippen molar-refractivity contribution in [2.75, 3.05) is 19.8 Å². The molecular formula is C25H35F3O5. The van der Waals surface area contributed by atoms with Gasteiger partial charge in [-0.25, -0.2) is 4.79 Å². The Kier molecular flexibility index (Phi) is 12.6. The van der Waals surface area contributed by atoms with Gasteiger partial charge in [-0.1, -0.05) is 19.1 Å². The number of benzene rings is 1. The van der Waals surface area contributed by atoms with Crippen LogP contribution in [0.3, 0.4) is 0 Å². The zero-order valence-electron chi connectivity index (χ0n) is 19.7. The van der Waals surface area contributed by atoms with Crippen LogP contribution in [0.2, 0.25) is 0 Å². The lowest BCUT2D eigenvalue weighted by Crippen LogP contribution is -2.26. The molecule has 0 unspecified atom stereocenters. The van der Waals surface area contributed by atoms with Crippen molar-refractivity contribution in [3.05, 3.63) is 35.9 Å². The summed E-state index contributed by atoms with van der Waals surface area (Å²) in [5.41, 5.74) is 0.317. The van der Waals surface area contributed by atoms with Crippen LogP contribution in [-0.4, -0.2) is 37.9 Å². The van der Waals surface area contributed by atoms with E-state index in [1.807, 2.05) is 20.8 Å². The third-order valence-corrected chi connectivity index (χ3v) is 5.12. The van der Waals surface area contributed by atoms with E-state index in [1.165, 1.54) is 12.2 Å². The van der Waals surface area contributed by atoms with E-state index in [9.17, 15) is 22.8 Å². The smallest absolute Gasteiger partial charge is 0.389 e. The Labute approximate surface area is 194 Å². The second-order valence-electron chi connectivity index (χ2n) is 8.42. The number of ether oxygens (including phenoxy) is 3. The van der Waals surface area contributed by atoms with E-state index in [4.69, 9.17) is 14.2 Å². The molecule has 1 aromatic carbocycles. The van der Waals surface area contributed by atoms with E-state index in [0.717, 1.165) is 37.7 Å². The zero-order valence-corrected chi connectivity index (χ0v) is 19.7. The average molecular weight is 473 g/mol. The van der Waals surface area contributed by atoms with Crippen LogP contribution in [0.1, 0.15) is 71.3 Å². The number of halogens is 3. The third kappa shape index (κ3) is 13.6. The Morgan fingerprint density at radius 2 is 1.48 bits per heavy atom. The largest absolute Gasteiger partial charge is 0.494 e. The fourth-order valence-electron chi connectivity index (χ4n) is 2.59. The van der Waals surface area contributed by atoms with E-state index in [2.05, 4.69) is 0 Å². The van der Waals surface area contributed by atoms with Gasteiger partial charge in [-0.15, -0.1) is 0 Å². The van der Waals surface area contributed by atoms with Crippen LogP contribution in [0.5, 0.6) is 5.75 Å². The molecule has 0 aromatic heterocycles. The van der Waals surface area contributed by atoms with E-state index < -0.39 is 24.0 Å². The molecule has 0 amide bonds. The first-order chi connectivity index (χ1) is 15.5. The standard InChI is InChI=1S/C25H35F3O5/c1-4-24(2,3)23(30)33-18-8-6-5-7-17-31-21-13-10-20(11-14-21)12-15-22(29)32-19-9-16-25(26,27)28/h10-15H,4-9,16-19H2,1-3H3/b15-12+. The van der Waals surface area contributed by atoms with Gasteiger partial charge < -0.3 is 14.2 Å². The number of rotatable bonds is 15. The first kappa shape index (κ1) is 28.5. The van der Waals surface area contributed by atoms with Crippen molar-refractivity contribution in [1.29, 1.82) is 0 Å². The highest BCUT2D eigenvalue weighted by atomic mass is 19.4. The van der Waals surface area contributed by atoms with Crippen LogP contribution in [0, 0.1) is 5.41 Å². The molecule has 186 valence electrons. The fraction of sp³-hybridized carbons (Fsp3) is 0.600. The summed E-state index contributed by atoms with van der Waals surface area (Å²) in [6, 6.07) is 7.11. The van der Waals surface area contributed by atoms with Gasteiger partial charge in [0.1, 0.15) is 5.75 Å². The molecule has 5 nitrogen and oxygen atoms in total. The Morgan fingerprint density at radius 3 is 2.09 bits per heavy atom. The van der Waals surface area contributed by atoms with Crippen LogP contribution in [-0.2, 0) is 19.1 Å². The van der Waals surface area contributed by atoms with E-state index in [-0.39, 0.29) is 19.0 Å². The molecule has 0 atom stereocenters. The molecule has 0 saturated carbocycles. The predicted molar refractivity (Wildman–Crippen MR) is 121 cm³/mol. The topological polar surface area (TPSA) is 61.8 Å². The Morgan fingerprint density at radius 1 is 0.879 bits per heavy atom. The summed E-state index contributed by atoms with van der Waals surface area (Å²) >= 11 is 0. The van der Waals surface area contributed by atoms with Crippen molar-refractivity contribution in [3.63, 3.8) is 0 Å². The van der Waals surface area contributed by atoms with Crippen LogP contribution in [0.15, 0.2) is 30.3 Å². The average Bonchev–Trinajstić information content (AvgIpc) is 2.77. The van der Waals surface area contributed by atoms with Crippen LogP contribution in [0.4, 0.5) is 13.2 Å². The minimum atomic E-state index is -4.24. The molecule has 0 radical (unpaired) electrons. The Balaban J connectivity index is 2.15. The maximum Gasteiger partial charge on any atom is 0.389 e. The van der Waals surface area contributed by atoms with E-state index in [0.29, 0.717) is 19.0 Å². The Hall–Kier alpha value is -2.51. The lowest BCUT2D eigenvalue weighted by molar-refractivity contribution is -0.154. The number of hydrogen-bond donors (Lipinski definition) is 0. The third-order valence-electron chi connectivity index (χ3n) is 5.12. The minimum absolute atomic E-state index is 0.149. The highest BCUT2D eigenvalue weighted by Crippen LogP contribution is 2.22. The van der Waals surface area contributed by atoms with Gasteiger partial charge in [-0.2, -0.15) is 13.2 Å². The van der Waals surface area contributed by atoms with Gasteiger partial charge in [0.15, 0.2) is 0 Å². The second-order valence-corrected chi connectivity index (χ2v) is 8.42. The van der Waals surface area contributed by atoms with Crippen molar-refractivity contribution in [1.82, 2.24) is 0 Å². The molecule has 1 rings (SSSR count). The van der Waals surface area contributed by atoms with Crippen LogP contribution in [0.25, 0.3) is 6.08 Å². The first-order valence-electron chi connectivity index (χ1n) is 11.3. The monoisotopic (exact) mass is 472 g/mol. The Bertz CT molecular complexity index is 739. The van der Waals surface area contributed by atoms with Gasteiger partial charge >= 0.3 is 18.1 Å². The molecule has 33 heavy (non-hydrogen) atoms. The molecule has 0 aliphatic rings. The van der Waals surface area contributed by atoms with E-state index >= 15 is 0 Å². The lowest BCUT2D eigenvalue weighted by atomic mass is 9.91. The summed E-state index contributed by atoms with van der Waals surface area (Å²) in [5, 5.41) is 0. The molecule has 0 spiro atoms. The quantitative estimate of drug-likeness (QED) is 0.166. The summed E-state index contributed by atoms with van der Waals surface area (Å²) in [4.78, 5) is 23.4. The molecule has 8 heteroatoms. The zero-order chi connectivity index (χ0) is 24.7. The first-order valence-corrected chi connectivity index (χ1v) is 11.3. The second kappa shape index (κ2) is 14.6. The van der Waals surface area contributed by atoms with Gasteiger partial charge in [0, 0.05) is 12.5 Å². The highest BCUT2D eigenvalue weighted by Gasteiger charge is 2.27. The lowest BCUT2D eigenvalue weighted by Gasteiger charge is -2.20. The van der Waals surface area contributed by atoms with E-state index in [1.54, 1.807) is 24.3 Å². The van der Waals surface area contributed by atoms with Gasteiger partial charge in [0.25, 0.3) is 0 Å². The normalized spacial score (nSPS) is 12.1. The maximum absolute atomic E-state index is 12.0. The van der Waals surface area contributed by atoms with Crippen LogP contribution < -0.4 is 4.74 Å². The highest BCUT2D eigenvalue weighted by molar-refractivity contribution is 5.87. The summed E-state index contributed by atoms with van der Waals surface area (Å²) in [6.07, 6.45) is 1.65. The van der Waals surface area contributed by atoms with Crippen molar-refractivity contribution in [2.24, 2.45) is 5.41 Å². The van der Waals surface area contributed by atoms with Gasteiger partial charge in [-0.3, -0.25) is 4.79 Å². The minimum Gasteiger partial charge on any atom is -0.494 e. The summed E-state index contributed by atoms with van der Waals surface area (Å²) in [7, 11) is 0. The van der Waals surface area contributed by atoms with Crippen molar-refractivity contribution >= 4 is 18.0 Å². The molecule has 0 fully saturated rings. The predicted octanol–water partition coefficient (Wildman–Crippen LogP) is 6.50. The number of unbranched alkanes of at least 4 members (excludes halogenated alkanes) is 3. The number of alkyl halides is 3. The number of carbonyl (C=O) groups is 2. The van der Waals surface area contributed by atoms with Gasteiger partial charge in [-0.05, 0) is 76.1 Å². The fourth-order valence-corrected chi connectivity index (χ4v) is 2.59. The molecule has 0 heterocycles. The summed E-state index contributed by atoms with van der Waals surface area (Å²) in [6.45, 7) is 6.49. The van der Waals surface area contributed by atoms with Crippen molar-refractivity contribution in [2.45, 2.75) is 71.9 Å². The summed E-state index contributed by atoms with van der Waals surface area (Å²) in [5.74, 6) is -0.122. The SMILES string of the molecule is CCC(C)(C)C(=O)OCCCCCCOc1ccc(/C=C/C(=O)OCCCC(F)(F)F)cc1. The number of esters is 2. The number of carbonyl (C=O) groups excluding carboxylic acids is 2. The van der Waals surface area contributed by atoms with Crippen molar-refractivity contribution in [3.8, 4) is 5.75 Å². The van der Waals surface area contributed by atoms with Gasteiger partial charge in [0.2, 0.25) is 0 Å². The summed E-state index contributed by atoms with van der Waals surface area (Å²) < 4.78 is 51.8. The number of hydrogen-bond acceptors (Lipinski definition) is 5. The molecule has 0 aliphatic carbocycles. The molecule has 1 aromatic rings. The maximum atomic E-state index is 12.0. The molecule has 0 saturated heterocycles. The molecule has 0 N–H and O–H groups in total. The molecular weight excluding hydrogens is 437 g/mol. The molecule has 0 bridgehead atoms. The van der Waals surface area contributed by atoms with Gasteiger partial charge in [0.05, 0.1) is 25.2 Å². The van der Waals surface area contributed by atoms with Crippen LogP contribution >= 0.6 is 0 Å². The molecule has 0 aliphatic heterocycles. The van der Waals surface area contributed by atoms with Crippen molar-refractivity contribution < 1.29 is 37.0 Å².